The summed E-state index contributed by atoms with van der Waals surface area (Å²) in [6.45, 7) is 4.74. The van der Waals surface area contributed by atoms with Crippen LogP contribution in [0.5, 0.6) is 5.75 Å². The fourth-order valence-corrected chi connectivity index (χ4v) is 2.22. The molecule has 2 rings (SSSR count). The van der Waals surface area contributed by atoms with Crippen molar-refractivity contribution in [3.63, 3.8) is 0 Å². The van der Waals surface area contributed by atoms with Gasteiger partial charge in [-0.15, -0.1) is 10.2 Å². The number of aryl methyl sites for hydroxylation is 1. The Kier molecular flexibility index (Phi) is 7.71. The number of ether oxygens (including phenoxy) is 2. The van der Waals surface area contributed by atoms with Crippen molar-refractivity contribution in [1.82, 2.24) is 20.1 Å². The summed E-state index contributed by atoms with van der Waals surface area (Å²) < 4.78 is 12.7. The average Bonchev–Trinajstić information content (AvgIpc) is 3.10. The number of benzene rings is 1. The minimum Gasteiger partial charge on any atom is -0.493 e. The van der Waals surface area contributed by atoms with Gasteiger partial charge in [0.25, 0.3) is 0 Å². The molecule has 0 aliphatic heterocycles. The van der Waals surface area contributed by atoms with Crippen LogP contribution in [0.3, 0.4) is 0 Å². The van der Waals surface area contributed by atoms with E-state index in [-0.39, 0.29) is 0 Å². The second kappa shape index (κ2) is 10.3. The molecule has 0 aliphatic rings. The zero-order chi connectivity index (χ0) is 17.9. The Balaban J connectivity index is 1.88. The fourth-order valence-electron chi connectivity index (χ4n) is 2.22. The van der Waals surface area contributed by atoms with Gasteiger partial charge in [0, 0.05) is 45.5 Å². The van der Waals surface area contributed by atoms with Gasteiger partial charge in [-0.2, -0.15) is 0 Å². The van der Waals surface area contributed by atoms with Gasteiger partial charge in [-0.3, -0.25) is 4.99 Å². The molecule has 0 unspecified atom stereocenters. The molecule has 1 aromatic carbocycles. The van der Waals surface area contributed by atoms with E-state index in [0.29, 0.717) is 25.7 Å². The largest absolute Gasteiger partial charge is 0.493 e. The number of rotatable bonds is 9. The lowest BCUT2D eigenvalue weighted by atomic mass is 10.3. The van der Waals surface area contributed by atoms with Crippen molar-refractivity contribution < 1.29 is 9.47 Å². The molecule has 1 heterocycles. The third-order valence-electron chi connectivity index (χ3n) is 3.53. The lowest BCUT2D eigenvalue weighted by Crippen LogP contribution is -2.31. The molecule has 0 aliphatic carbocycles. The predicted octanol–water partition coefficient (Wildman–Crippen LogP) is 1.90. The van der Waals surface area contributed by atoms with Crippen LogP contribution >= 0.6 is 0 Å². The van der Waals surface area contributed by atoms with Gasteiger partial charge < -0.3 is 24.7 Å². The van der Waals surface area contributed by atoms with Crippen molar-refractivity contribution in [2.24, 2.45) is 4.99 Å². The highest BCUT2D eigenvalue weighted by molar-refractivity contribution is 5.93. The quantitative estimate of drug-likeness (QED) is 0.410. The number of guanidine groups is 1. The molecule has 0 radical (unpaired) electrons. The van der Waals surface area contributed by atoms with Gasteiger partial charge in [0.05, 0.1) is 13.2 Å². The number of nitrogens with zero attached hydrogens (tertiary/aromatic N) is 4. The molecular formula is C17H26N6O2. The molecule has 136 valence electrons. The Bertz CT molecular complexity index is 671. The Morgan fingerprint density at radius 3 is 2.96 bits per heavy atom. The van der Waals surface area contributed by atoms with Gasteiger partial charge in [0.1, 0.15) is 12.1 Å². The van der Waals surface area contributed by atoms with Gasteiger partial charge in [0.15, 0.2) is 11.8 Å². The van der Waals surface area contributed by atoms with Crippen LogP contribution in [0.2, 0.25) is 0 Å². The Hall–Kier alpha value is -2.61. The molecule has 0 saturated carbocycles. The minimum absolute atomic E-state index is 0.542. The van der Waals surface area contributed by atoms with Crippen molar-refractivity contribution in [2.75, 3.05) is 32.7 Å². The maximum atomic E-state index is 5.71. The summed E-state index contributed by atoms with van der Waals surface area (Å²) >= 11 is 0. The van der Waals surface area contributed by atoms with Crippen LogP contribution in [-0.4, -0.2) is 48.1 Å². The summed E-state index contributed by atoms with van der Waals surface area (Å²) in [5, 5.41) is 14.5. The van der Waals surface area contributed by atoms with Crippen LogP contribution < -0.4 is 15.4 Å². The summed E-state index contributed by atoms with van der Waals surface area (Å²) in [6, 6.07) is 7.77. The maximum Gasteiger partial charge on any atom is 0.195 e. The highest BCUT2D eigenvalue weighted by Crippen LogP contribution is 2.17. The van der Waals surface area contributed by atoms with Crippen molar-refractivity contribution >= 4 is 11.6 Å². The summed E-state index contributed by atoms with van der Waals surface area (Å²) in [5.41, 5.74) is 0.897. The molecule has 0 bridgehead atoms. The standard InChI is InChI=1S/C17H26N6O2/c1-4-23-13-20-22-16(23)12-19-17(18-2)21-14-7-5-8-15(11-14)25-10-6-9-24-3/h5,7-8,11,13H,4,6,9-10,12H2,1-3H3,(H2,18,19,21). The summed E-state index contributed by atoms with van der Waals surface area (Å²) in [5.74, 6) is 2.32. The van der Waals surface area contributed by atoms with Crippen LogP contribution in [0, 0.1) is 0 Å². The van der Waals surface area contributed by atoms with E-state index >= 15 is 0 Å². The number of hydrogen-bond acceptors (Lipinski definition) is 5. The molecule has 0 spiro atoms. The van der Waals surface area contributed by atoms with Crippen LogP contribution in [0.4, 0.5) is 5.69 Å². The molecule has 0 fully saturated rings. The number of aliphatic imine (C=N–C) groups is 1. The van der Waals surface area contributed by atoms with Crippen LogP contribution in [0.1, 0.15) is 19.2 Å². The molecule has 2 aromatic rings. The first-order valence-electron chi connectivity index (χ1n) is 8.33. The van der Waals surface area contributed by atoms with Gasteiger partial charge in [-0.1, -0.05) is 6.07 Å². The first-order chi connectivity index (χ1) is 12.3. The van der Waals surface area contributed by atoms with E-state index < -0.39 is 0 Å². The lowest BCUT2D eigenvalue weighted by molar-refractivity contribution is 0.172. The van der Waals surface area contributed by atoms with E-state index in [2.05, 4.69) is 32.7 Å². The molecule has 0 amide bonds. The third-order valence-corrected chi connectivity index (χ3v) is 3.53. The van der Waals surface area contributed by atoms with E-state index in [1.165, 1.54) is 0 Å². The molecule has 8 heteroatoms. The van der Waals surface area contributed by atoms with E-state index in [0.717, 1.165) is 30.2 Å². The first-order valence-corrected chi connectivity index (χ1v) is 8.33. The van der Waals surface area contributed by atoms with Gasteiger partial charge in [-0.25, -0.2) is 0 Å². The highest BCUT2D eigenvalue weighted by Gasteiger charge is 2.05. The normalized spacial score (nSPS) is 11.4. The second-order valence-corrected chi connectivity index (χ2v) is 5.31. The van der Waals surface area contributed by atoms with E-state index in [9.17, 15) is 0 Å². The minimum atomic E-state index is 0.542. The van der Waals surface area contributed by atoms with E-state index in [4.69, 9.17) is 9.47 Å². The zero-order valence-corrected chi connectivity index (χ0v) is 15.0. The smallest absolute Gasteiger partial charge is 0.195 e. The molecule has 0 atom stereocenters. The molecule has 2 N–H and O–H groups in total. The third kappa shape index (κ3) is 6.07. The SMILES string of the molecule is CCn1cnnc1CNC(=NC)Nc1cccc(OCCCOC)c1. The summed E-state index contributed by atoms with van der Waals surface area (Å²) in [4.78, 5) is 4.23. The Morgan fingerprint density at radius 1 is 1.32 bits per heavy atom. The van der Waals surface area contributed by atoms with Crippen LogP contribution in [-0.2, 0) is 17.8 Å². The fraction of sp³-hybridized carbons (Fsp3) is 0.471. The zero-order valence-electron chi connectivity index (χ0n) is 15.0. The highest BCUT2D eigenvalue weighted by atomic mass is 16.5. The van der Waals surface area contributed by atoms with Crippen molar-refractivity contribution in [2.45, 2.75) is 26.4 Å². The lowest BCUT2D eigenvalue weighted by Gasteiger charge is -2.13. The van der Waals surface area contributed by atoms with Crippen molar-refractivity contribution in [3.8, 4) is 5.75 Å². The number of aromatic nitrogens is 3. The van der Waals surface area contributed by atoms with Crippen molar-refractivity contribution in [3.05, 3.63) is 36.4 Å². The molecule has 8 nitrogen and oxygen atoms in total. The average molecular weight is 346 g/mol. The number of anilines is 1. The van der Waals surface area contributed by atoms with Gasteiger partial charge >= 0.3 is 0 Å². The van der Waals surface area contributed by atoms with E-state index in [1.54, 1.807) is 20.5 Å². The van der Waals surface area contributed by atoms with Crippen molar-refractivity contribution in [1.29, 1.82) is 0 Å². The molecule has 0 saturated heterocycles. The molecule has 25 heavy (non-hydrogen) atoms. The predicted molar refractivity (Wildman–Crippen MR) is 97.9 cm³/mol. The maximum absolute atomic E-state index is 5.71. The monoisotopic (exact) mass is 346 g/mol. The summed E-state index contributed by atoms with van der Waals surface area (Å²) in [7, 11) is 3.41. The Morgan fingerprint density at radius 2 is 2.20 bits per heavy atom. The second-order valence-electron chi connectivity index (χ2n) is 5.31. The number of methoxy groups -OCH3 is 1. The van der Waals surface area contributed by atoms with Gasteiger partial charge in [-0.05, 0) is 19.1 Å². The summed E-state index contributed by atoms with van der Waals surface area (Å²) in [6.07, 6.45) is 2.58. The molecule has 1 aromatic heterocycles. The van der Waals surface area contributed by atoms with Crippen LogP contribution in [0.15, 0.2) is 35.6 Å². The molecular weight excluding hydrogens is 320 g/mol. The number of hydrogen-bond donors (Lipinski definition) is 2. The first kappa shape index (κ1) is 18.7. The Labute approximate surface area is 148 Å². The van der Waals surface area contributed by atoms with E-state index in [1.807, 2.05) is 28.8 Å². The van der Waals surface area contributed by atoms with Crippen LogP contribution in [0.25, 0.3) is 0 Å². The number of nitrogens with one attached hydrogen (secondary N) is 2. The topological polar surface area (TPSA) is 85.6 Å². The van der Waals surface area contributed by atoms with Gasteiger partial charge in [0.2, 0.25) is 0 Å².